The Kier molecular flexibility index (Phi) is 7.03. The fourth-order valence-corrected chi connectivity index (χ4v) is 5.67. The molecule has 4 aromatic rings. The van der Waals surface area contributed by atoms with E-state index in [2.05, 4.69) is 36.6 Å². The van der Waals surface area contributed by atoms with E-state index in [1.165, 1.54) is 37.1 Å². The van der Waals surface area contributed by atoms with Crippen molar-refractivity contribution in [2.45, 2.75) is 57.2 Å². The Morgan fingerprint density at radius 2 is 1.67 bits per heavy atom. The minimum absolute atomic E-state index is 0.0583. The fourth-order valence-electron chi connectivity index (χ4n) is 5.67. The smallest absolute Gasteiger partial charge is 0.324 e. The second-order valence-corrected chi connectivity index (χ2v) is 10.3. The maximum atomic E-state index is 13.6. The number of anilines is 2. The van der Waals surface area contributed by atoms with Crippen LogP contribution in [0.25, 0.3) is 5.82 Å². The van der Waals surface area contributed by atoms with Gasteiger partial charge < -0.3 is 10.2 Å². The molecular formula is C29H30F3N7. The zero-order chi connectivity index (χ0) is 26.8. The number of hydrogen-bond donors (Lipinski definition) is 1. The monoisotopic (exact) mass is 533 g/mol. The van der Waals surface area contributed by atoms with Gasteiger partial charge in [0.1, 0.15) is 0 Å². The van der Waals surface area contributed by atoms with E-state index in [1.54, 1.807) is 12.3 Å². The maximum absolute atomic E-state index is 13.6. The highest BCUT2D eigenvalue weighted by atomic mass is 19.4. The van der Waals surface area contributed by atoms with Gasteiger partial charge in [0.25, 0.3) is 5.82 Å². The predicted molar refractivity (Wildman–Crippen MR) is 142 cm³/mol. The number of fused-ring (bicyclic) bond motifs is 1. The first kappa shape index (κ1) is 25.5. The lowest BCUT2D eigenvalue weighted by Gasteiger charge is -2.25. The molecule has 1 saturated heterocycles. The van der Waals surface area contributed by atoms with E-state index in [0.29, 0.717) is 18.2 Å². The molecule has 2 aromatic heterocycles. The van der Waals surface area contributed by atoms with Crippen LogP contribution in [0.4, 0.5) is 24.8 Å². The molecule has 1 aliphatic carbocycles. The van der Waals surface area contributed by atoms with Crippen molar-refractivity contribution in [1.29, 1.82) is 0 Å². The summed E-state index contributed by atoms with van der Waals surface area (Å²) in [7, 11) is 0. The number of halogens is 3. The summed E-state index contributed by atoms with van der Waals surface area (Å²) < 4.78 is 42.0. The third-order valence-corrected chi connectivity index (χ3v) is 7.64. The lowest BCUT2D eigenvalue weighted by molar-refractivity contribution is -0.144. The van der Waals surface area contributed by atoms with E-state index < -0.39 is 12.0 Å². The third-order valence-electron chi connectivity index (χ3n) is 7.64. The van der Waals surface area contributed by atoms with Gasteiger partial charge in [-0.1, -0.05) is 36.4 Å². The van der Waals surface area contributed by atoms with Crippen LogP contribution in [0.1, 0.15) is 53.8 Å². The number of likely N-dealkylation sites (tertiary alicyclic amines) is 1. The molecule has 1 N–H and O–H groups in total. The number of rotatable bonds is 6. The zero-order valence-corrected chi connectivity index (χ0v) is 21.5. The van der Waals surface area contributed by atoms with Crippen molar-refractivity contribution in [2.24, 2.45) is 0 Å². The van der Waals surface area contributed by atoms with Crippen molar-refractivity contribution in [1.82, 2.24) is 29.9 Å². The van der Waals surface area contributed by atoms with E-state index in [-0.39, 0.29) is 11.8 Å². The normalized spacial score (nSPS) is 18.1. The molecule has 7 nitrogen and oxygen atoms in total. The summed E-state index contributed by atoms with van der Waals surface area (Å²) in [5.41, 5.74) is 5.07. The maximum Gasteiger partial charge on any atom is 0.453 e. The van der Waals surface area contributed by atoms with Gasteiger partial charge in [-0.2, -0.15) is 27.9 Å². The molecule has 0 radical (unpaired) electrons. The summed E-state index contributed by atoms with van der Waals surface area (Å²) in [5.74, 6) is -1.13. The molecule has 0 amide bonds. The van der Waals surface area contributed by atoms with Crippen LogP contribution in [0.2, 0.25) is 0 Å². The molecule has 1 unspecified atom stereocenters. The van der Waals surface area contributed by atoms with E-state index in [0.717, 1.165) is 41.5 Å². The summed E-state index contributed by atoms with van der Waals surface area (Å²) in [5, 5.41) is 15.0. The molecule has 0 saturated carbocycles. The minimum atomic E-state index is -4.70. The Morgan fingerprint density at radius 1 is 0.897 bits per heavy atom. The van der Waals surface area contributed by atoms with Gasteiger partial charge >= 0.3 is 6.18 Å². The molecule has 39 heavy (non-hydrogen) atoms. The molecular weight excluding hydrogens is 503 g/mol. The van der Waals surface area contributed by atoms with E-state index in [1.807, 2.05) is 42.5 Å². The van der Waals surface area contributed by atoms with Crippen LogP contribution in [-0.4, -0.2) is 49.0 Å². The Bertz CT molecular complexity index is 1430. The number of aryl methyl sites for hydroxylation is 2. The average molecular weight is 534 g/mol. The first-order chi connectivity index (χ1) is 18.9. The van der Waals surface area contributed by atoms with Crippen molar-refractivity contribution in [2.75, 3.05) is 18.4 Å². The molecule has 1 fully saturated rings. The number of aromatic nitrogens is 5. The van der Waals surface area contributed by atoms with Crippen molar-refractivity contribution < 1.29 is 13.2 Å². The molecule has 2 aromatic carbocycles. The van der Waals surface area contributed by atoms with E-state index >= 15 is 0 Å². The summed E-state index contributed by atoms with van der Waals surface area (Å²) in [6, 6.07) is 18.1. The number of nitrogens with one attached hydrogen (secondary N) is 1. The summed E-state index contributed by atoms with van der Waals surface area (Å²) in [4.78, 5) is 6.41. The van der Waals surface area contributed by atoms with Crippen molar-refractivity contribution in [3.63, 3.8) is 0 Å². The van der Waals surface area contributed by atoms with Crippen molar-refractivity contribution >= 4 is 11.6 Å². The van der Waals surface area contributed by atoms with Crippen LogP contribution in [0, 0.1) is 0 Å². The number of nitrogens with zero attached hydrogens (tertiary/aromatic N) is 6. The lowest BCUT2D eigenvalue weighted by Crippen LogP contribution is -2.32. The van der Waals surface area contributed by atoms with Gasteiger partial charge in [0.05, 0.1) is 6.20 Å². The van der Waals surface area contributed by atoms with Crippen LogP contribution in [0.5, 0.6) is 0 Å². The molecule has 1 aliphatic heterocycles. The van der Waals surface area contributed by atoms with Crippen LogP contribution in [-0.2, 0) is 25.4 Å². The van der Waals surface area contributed by atoms with Gasteiger partial charge in [-0.25, -0.2) is 0 Å². The summed E-state index contributed by atoms with van der Waals surface area (Å²) in [6.07, 6.45) is 4.21. The lowest BCUT2D eigenvalue weighted by atomic mass is 10.0. The Morgan fingerprint density at radius 3 is 2.44 bits per heavy atom. The molecule has 10 heteroatoms. The van der Waals surface area contributed by atoms with E-state index in [9.17, 15) is 13.2 Å². The number of benzene rings is 2. The average Bonchev–Trinajstić information content (AvgIpc) is 3.57. The highest BCUT2D eigenvalue weighted by Crippen LogP contribution is 2.31. The van der Waals surface area contributed by atoms with Crippen LogP contribution in [0.3, 0.4) is 0 Å². The van der Waals surface area contributed by atoms with Crippen LogP contribution in [0.15, 0.2) is 60.8 Å². The van der Waals surface area contributed by atoms with Gasteiger partial charge in [0.15, 0.2) is 5.82 Å². The SMILES string of the molecule is FC(F)(F)c1nc(Nc2ccc3c(c2)CCC(N2CCCC2)CC3)n(-c2cc(Cc3ccccc3)cnn2)n1. The van der Waals surface area contributed by atoms with Gasteiger partial charge in [-0.15, -0.1) is 10.2 Å². The van der Waals surface area contributed by atoms with Crippen molar-refractivity contribution in [3.05, 3.63) is 88.9 Å². The minimum Gasteiger partial charge on any atom is -0.324 e. The first-order valence-electron chi connectivity index (χ1n) is 13.5. The Hall–Kier alpha value is -3.79. The Labute approximate surface area is 225 Å². The predicted octanol–water partition coefficient (Wildman–Crippen LogP) is 5.75. The number of hydrogen-bond acceptors (Lipinski definition) is 6. The second-order valence-electron chi connectivity index (χ2n) is 10.3. The molecule has 6 rings (SSSR count). The third kappa shape index (κ3) is 5.80. The topological polar surface area (TPSA) is 71.8 Å². The van der Waals surface area contributed by atoms with Gasteiger partial charge in [-0.05, 0) is 98.5 Å². The highest BCUT2D eigenvalue weighted by molar-refractivity contribution is 5.58. The summed E-state index contributed by atoms with van der Waals surface area (Å²) >= 11 is 0. The van der Waals surface area contributed by atoms with Gasteiger partial charge in [-0.3, -0.25) is 0 Å². The molecule has 2 aliphatic rings. The molecule has 0 spiro atoms. The van der Waals surface area contributed by atoms with Gasteiger partial charge in [0.2, 0.25) is 5.95 Å². The standard InChI is InChI=1S/C29H30F3N7/c30-29(31,32)27-35-28(39(37-27)26-17-21(19-33-36-26)16-20-6-2-1-3-7-20)34-24-11-8-22-9-12-25(13-10-23(22)18-24)38-14-4-5-15-38/h1-3,6-8,11,17-19,25H,4-5,9-10,12-16H2,(H,34,35,37). The highest BCUT2D eigenvalue weighted by Gasteiger charge is 2.37. The molecule has 202 valence electrons. The summed E-state index contributed by atoms with van der Waals surface area (Å²) in [6.45, 7) is 2.36. The van der Waals surface area contributed by atoms with Crippen LogP contribution >= 0.6 is 0 Å². The zero-order valence-electron chi connectivity index (χ0n) is 21.5. The van der Waals surface area contributed by atoms with Gasteiger partial charge in [0, 0.05) is 11.7 Å². The quantitative estimate of drug-likeness (QED) is 0.318. The fraction of sp³-hybridized carbons (Fsp3) is 0.379. The second kappa shape index (κ2) is 10.8. The largest absolute Gasteiger partial charge is 0.453 e. The Balaban J connectivity index is 1.27. The molecule has 0 bridgehead atoms. The molecule has 1 atom stereocenters. The van der Waals surface area contributed by atoms with E-state index in [4.69, 9.17) is 0 Å². The molecule has 3 heterocycles. The number of alkyl halides is 3. The van der Waals surface area contributed by atoms with Crippen molar-refractivity contribution in [3.8, 4) is 5.82 Å². The first-order valence-corrected chi connectivity index (χ1v) is 13.5. The van der Waals surface area contributed by atoms with Crippen LogP contribution < -0.4 is 5.32 Å².